The van der Waals surface area contributed by atoms with Gasteiger partial charge in [-0.2, -0.15) is 0 Å². The molecule has 0 aliphatic rings. The summed E-state index contributed by atoms with van der Waals surface area (Å²) in [5.74, 6) is -1.48. The van der Waals surface area contributed by atoms with E-state index >= 15 is 0 Å². The van der Waals surface area contributed by atoms with Crippen molar-refractivity contribution in [3.63, 3.8) is 0 Å². The van der Waals surface area contributed by atoms with Crippen LogP contribution in [0.4, 0.5) is 0 Å². The van der Waals surface area contributed by atoms with Crippen molar-refractivity contribution in [2.24, 2.45) is 0 Å². The summed E-state index contributed by atoms with van der Waals surface area (Å²) < 4.78 is 5.01. The number of thiazole rings is 1. The van der Waals surface area contributed by atoms with Gasteiger partial charge >= 0.3 is 5.97 Å². The summed E-state index contributed by atoms with van der Waals surface area (Å²) >= 11 is 1.31. The van der Waals surface area contributed by atoms with Crippen molar-refractivity contribution in [3.8, 4) is 10.6 Å². The number of furan rings is 1. The predicted molar refractivity (Wildman–Crippen MR) is 88.6 cm³/mol. The third kappa shape index (κ3) is 3.69. The van der Waals surface area contributed by atoms with Crippen LogP contribution in [-0.4, -0.2) is 33.4 Å². The molecule has 0 radical (unpaired) electrons. The summed E-state index contributed by atoms with van der Waals surface area (Å²) in [6.45, 7) is -0.170. The van der Waals surface area contributed by atoms with Crippen molar-refractivity contribution >= 4 is 23.2 Å². The van der Waals surface area contributed by atoms with Gasteiger partial charge < -0.3 is 14.4 Å². The van der Waals surface area contributed by atoms with Crippen molar-refractivity contribution in [2.75, 3.05) is 6.54 Å². The summed E-state index contributed by atoms with van der Waals surface area (Å²) in [5, 5.41) is 11.4. The summed E-state index contributed by atoms with van der Waals surface area (Å²) in [4.78, 5) is 29.3. The number of carbonyl (C=O) groups is 2. The average molecular weight is 342 g/mol. The van der Waals surface area contributed by atoms with E-state index in [1.807, 2.05) is 30.3 Å². The fourth-order valence-corrected chi connectivity index (χ4v) is 3.00. The molecule has 0 spiro atoms. The van der Waals surface area contributed by atoms with Crippen molar-refractivity contribution in [1.82, 2.24) is 9.88 Å². The van der Waals surface area contributed by atoms with Gasteiger partial charge in [0.2, 0.25) is 0 Å². The van der Waals surface area contributed by atoms with Crippen LogP contribution < -0.4 is 0 Å². The van der Waals surface area contributed by atoms with Crippen molar-refractivity contribution < 1.29 is 19.1 Å². The fourth-order valence-electron chi connectivity index (χ4n) is 2.22. The maximum atomic E-state index is 12.7. The largest absolute Gasteiger partial charge is 0.480 e. The minimum absolute atomic E-state index is 0.213. The first-order valence-corrected chi connectivity index (χ1v) is 8.04. The quantitative estimate of drug-likeness (QED) is 0.744. The molecule has 3 rings (SSSR count). The highest BCUT2D eigenvalue weighted by atomic mass is 32.1. The number of hydrogen-bond donors (Lipinski definition) is 1. The van der Waals surface area contributed by atoms with Gasteiger partial charge in [-0.3, -0.25) is 9.59 Å². The number of aliphatic carboxylic acids is 1. The Morgan fingerprint density at radius 3 is 2.67 bits per heavy atom. The minimum atomic E-state index is -1.07. The standard InChI is InChI=1S/C17H14N2O4S/c20-15(21)9-19(8-12-4-2-1-3-5-12)17(22)14-11-24-16(18-14)13-6-7-23-10-13/h1-7,10-11H,8-9H2,(H,20,21). The Morgan fingerprint density at radius 1 is 1.21 bits per heavy atom. The minimum Gasteiger partial charge on any atom is -0.480 e. The molecule has 0 aliphatic carbocycles. The molecule has 0 aliphatic heterocycles. The number of carboxylic acid groups (broad SMARTS) is 1. The molecule has 3 aromatic rings. The predicted octanol–water partition coefficient (Wildman–Crippen LogP) is 3.13. The molecular weight excluding hydrogens is 328 g/mol. The number of hydrogen-bond acceptors (Lipinski definition) is 5. The molecular formula is C17H14N2O4S. The number of amides is 1. The maximum absolute atomic E-state index is 12.7. The molecule has 2 heterocycles. The molecule has 1 N–H and O–H groups in total. The summed E-state index contributed by atoms with van der Waals surface area (Å²) in [6.07, 6.45) is 3.08. The Morgan fingerprint density at radius 2 is 2.00 bits per heavy atom. The molecule has 1 aromatic carbocycles. The van der Waals surface area contributed by atoms with E-state index in [9.17, 15) is 9.59 Å². The lowest BCUT2D eigenvalue weighted by Crippen LogP contribution is -2.35. The molecule has 2 aromatic heterocycles. The summed E-state index contributed by atoms with van der Waals surface area (Å²) in [6, 6.07) is 11.0. The number of benzene rings is 1. The molecule has 1 amide bonds. The smallest absolute Gasteiger partial charge is 0.323 e. The Kier molecular flexibility index (Phi) is 4.72. The summed E-state index contributed by atoms with van der Waals surface area (Å²) in [7, 11) is 0. The van der Waals surface area contributed by atoms with Crippen LogP contribution in [0.3, 0.4) is 0 Å². The highest BCUT2D eigenvalue weighted by Crippen LogP contribution is 2.24. The van der Waals surface area contributed by atoms with Crippen molar-refractivity contribution in [2.45, 2.75) is 6.54 Å². The molecule has 24 heavy (non-hydrogen) atoms. The topological polar surface area (TPSA) is 83.6 Å². The second-order valence-electron chi connectivity index (χ2n) is 5.09. The first-order chi connectivity index (χ1) is 11.6. The molecule has 6 nitrogen and oxygen atoms in total. The second kappa shape index (κ2) is 7.10. The van der Waals surface area contributed by atoms with E-state index in [1.54, 1.807) is 17.7 Å². The first-order valence-electron chi connectivity index (χ1n) is 7.16. The van der Waals surface area contributed by atoms with Gasteiger partial charge in [0, 0.05) is 17.5 Å². The van der Waals surface area contributed by atoms with E-state index in [4.69, 9.17) is 9.52 Å². The summed E-state index contributed by atoms with van der Waals surface area (Å²) in [5.41, 5.74) is 1.87. The van der Waals surface area contributed by atoms with Gasteiger partial charge in [-0.15, -0.1) is 11.3 Å². The van der Waals surface area contributed by atoms with Crippen LogP contribution in [0.25, 0.3) is 10.6 Å². The zero-order valence-electron chi connectivity index (χ0n) is 12.6. The molecule has 0 saturated heterocycles. The van der Waals surface area contributed by atoms with Gasteiger partial charge in [0.15, 0.2) is 0 Å². The SMILES string of the molecule is O=C(O)CN(Cc1ccccc1)C(=O)c1csc(-c2ccoc2)n1. The van der Waals surface area contributed by atoms with E-state index in [-0.39, 0.29) is 18.8 Å². The normalized spacial score (nSPS) is 10.5. The third-order valence-electron chi connectivity index (χ3n) is 3.32. The zero-order chi connectivity index (χ0) is 16.9. The molecule has 0 fully saturated rings. The van der Waals surface area contributed by atoms with Crippen LogP contribution in [0.15, 0.2) is 58.7 Å². The van der Waals surface area contributed by atoms with Crippen LogP contribution in [0.2, 0.25) is 0 Å². The average Bonchev–Trinajstić information content (AvgIpc) is 3.25. The Balaban J connectivity index is 1.81. The fraction of sp³-hybridized carbons (Fsp3) is 0.118. The second-order valence-corrected chi connectivity index (χ2v) is 5.95. The van der Waals surface area contributed by atoms with Crippen molar-refractivity contribution in [3.05, 3.63) is 65.6 Å². The van der Waals surface area contributed by atoms with E-state index in [1.165, 1.54) is 22.5 Å². The van der Waals surface area contributed by atoms with E-state index in [0.29, 0.717) is 5.01 Å². The van der Waals surface area contributed by atoms with Gasteiger partial charge in [-0.05, 0) is 11.6 Å². The molecule has 0 atom stereocenters. The Labute approximate surface area is 142 Å². The number of carbonyl (C=O) groups excluding carboxylic acids is 1. The van der Waals surface area contributed by atoms with Crippen LogP contribution >= 0.6 is 11.3 Å². The monoisotopic (exact) mass is 342 g/mol. The Bertz CT molecular complexity index is 827. The number of aromatic nitrogens is 1. The highest BCUT2D eigenvalue weighted by Gasteiger charge is 2.22. The highest BCUT2D eigenvalue weighted by molar-refractivity contribution is 7.13. The van der Waals surface area contributed by atoms with Crippen LogP contribution in [-0.2, 0) is 11.3 Å². The van der Waals surface area contributed by atoms with Gasteiger partial charge in [-0.25, -0.2) is 4.98 Å². The lowest BCUT2D eigenvalue weighted by molar-refractivity contribution is -0.137. The molecule has 7 heteroatoms. The van der Waals surface area contributed by atoms with Crippen LogP contribution in [0.5, 0.6) is 0 Å². The Hall–Kier alpha value is -2.93. The van der Waals surface area contributed by atoms with Gasteiger partial charge in [-0.1, -0.05) is 30.3 Å². The molecule has 0 saturated carbocycles. The van der Waals surface area contributed by atoms with E-state index in [2.05, 4.69) is 4.98 Å². The molecule has 122 valence electrons. The van der Waals surface area contributed by atoms with Crippen LogP contribution in [0, 0.1) is 0 Å². The van der Waals surface area contributed by atoms with Crippen molar-refractivity contribution in [1.29, 1.82) is 0 Å². The number of rotatable bonds is 6. The molecule has 0 unspecified atom stereocenters. The van der Waals surface area contributed by atoms with E-state index < -0.39 is 11.9 Å². The molecule has 0 bridgehead atoms. The lowest BCUT2D eigenvalue weighted by atomic mass is 10.2. The third-order valence-corrected chi connectivity index (χ3v) is 4.21. The maximum Gasteiger partial charge on any atom is 0.323 e. The first kappa shape index (κ1) is 15.9. The number of carboxylic acids is 1. The van der Waals surface area contributed by atoms with Gasteiger partial charge in [0.05, 0.1) is 6.26 Å². The zero-order valence-corrected chi connectivity index (χ0v) is 13.4. The lowest BCUT2D eigenvalue weighted by Gasteiger charge is -2.19. The number of nitrogens with zero attached hydrogens (tertiary/aromatic N) is 2. The van der Waals surface area contributed by atoms with Gasteiger partial charge in [0.25, 0.3) is 5.91 Å². The van der Waals surface area contributed by atoms with Gasteiger partial charge in [0.1, 0.15) is 23.5 Å². The van der Waals surface area contributed by atoms with Crippen LogP contribution in [0.1, 0.15) is 16.1 Å². The van der Waals surface area contributed by atoms with E-state index in [0.717, 1.165) is 11.1 Å².